The van der Waals surface area contributed by atoms with Crippen molar-refractivity contribution in [2.75, 3.05) is 6.61 Å². The number of carbonyl (C=O) groups excluding carboxylic acids is 1. The Hall–Kier alpha value is -1.29. The van der Waals surface area contributed by atoms with E-state index in [2.05, 4.69) is 0 Å². The van der Waals surface area contributed by atoms with Crippen molar-refractivity contribution in [3.8, 4) is 0 Å². The molecule has 0 aliphatic heterocycles. The molecule has 0 spiro atoms. The average molecular weight is 242 g/mol. The van der Waals surface area contributed by atoms with Gasteiger partial charge in [-0.05, 0) is 31.9 Å². The van der Waals surface area contributed by atoms with Crippen LogP contribution in [0.25, 0.3) is 0 Å². The van der Waals surface area contributed by atoms with E-state index in [4.69, 9.17) is 4.74 Å². The van der Waals surface area contributed by atoms with Gasteiger partial charge in [0.15, 0.2) is 0 Å². The van der Waals surface area contributed by atoms with E-state index in [0.717, 1.165) is 12.8 Å². The molecule has 0 heterocycles. The van der Waals surface area contributed by atoms with Crippen LogP contribution in [-0.2, 0) is 16.1 Å². The van der Waals surface area contributed by atoms with Gasteiger partial charge in [-0.2, -0.15) is 0 Å². The predicted octanol–water partition coefficient (Wildman–Crippen LogP) is 3.24. The van der Waals surface area contributed by atoms with E-state index in [9.17, 15) is 13.6 Å². The second-order valence-electron chi connectivity index (χ2n) is 3.91. The van der Waals surface area contributed by atoms with Crippen LogP contribution in [0.1, 0.15) is 31.7 Å². The van der Waals surface area contributed by atoms with Crippen molar-refractivity contribution in [1.82, 2.24) is 0 Å². The molecule has 0 aromatic heterocycles. The molecule has 0 aliphatic carbocycles. The number of rotatable bonds is 7. The minimum Gasteiger partial charge on any atom is -0.377 e. The molecule has 1 aromatic rings. The zero-order chi connectivity index (χ0) is 12.7. The van der Waals surface area contributed by atoms with Crippen molar-refractivity contribution < 1.29 is 18.3 Å². The molecule has 0 fully saturated rings. The summed E-state index contributed by atoms with van der Waals surface area (Å²) in [4.78, 5) is 10.6. The van der Waals surface area contributed by atoms with E-state index in [-0.39, 0.29) is 18.0 Å². The molecule has 1 rings (SSSR count). The first-order chi connectivity index (χ1) is 8.11. The molecule has 0 unspecified atom stereocenters. The Bertz CT molecular complexity index is 357. The van der Waals surface area contributed by atoms with Crippen LogP contribution in [0.2, 0.25) is 0 Å². The molecule has 0 radical (unpaired) electrons. The van der Waals surface area contributed by atoms with Crippen molar-refractivity contribution in [3.63, 3.8) is 0 Å². The fraction of sp³-hybridized carbons (Fsp3) is 0.462. The summed E-state index contributed by atoms with van der Waals surface area (Å²) in [6.45, 7) is 1.87. The van der Waals surface area contributed by atoms with Gasteiger partial charge in [0, 0.05) is 18.6 Å². The molecule has 0 saturated carbocycles. The van der Waals surface area contributed by atoms with Gasteiger partial charge >= 0.3 is 0 Å². The summed E-state index contributed by atoms with van der Waals surface area (Å²) >= 11 is 0. The van der Waals surface area contributed by atoms with E-state index in [1.807, 2.05) is 0 Å². The third-order valence-electron chi connectivity index (χ3n) is 2.38. The summed E-state index contributed by atoms with van der Waals surface area (Å²) < 4.78 is 31.5. The van der Waals surface area contributed by atoms with Crippen molar-refractivity contribution >= 4 is 5.78 Å². The first-order valence-corrected chi connectivity index (χ1v) is 5.61. The van der Waals surface area contributed by atoms with Crippen LogP contribution in [0.4, 0.5) is 8.78 Å². The first-order valence-electron chi connectivity index (χ1n) is 5.61. The number of benzene rings is 1. The van der Waals surface area contributed by atoms with Crippen LogP contribution in [0, 0.1) is 11.6 Å². The normalized spacial score (nSPS) is 10.5. The molecule has 0 N–H and O–H groups in total. The Labute approximate surface area is 99.6 Å². The van der Waals surface area contributed by atoms with Gasteiger partial charge < -0.3 is 9.53 Å². The fourth-order valence-corrected chi connectivity index (χ4v) is 1.42. The number of hydrogen-bond acceptors (Lipinski definition) is 2. The number of Topliss-reactive ketones (excluding diaryl/α,β-unsaturated/α-hetero) is 1. The van der Waals surface area contributed by atoms with Crippen LogP contribution in [-0.4, -0.2) is 12.4 Å². The zero-order valence-corrected chi connectivity index (χ0v) is 9.84. The molecular formula is C13H16F2O2. The maximum absolute atomic E-state index is 13.2. The lowest BCUT2D eigenvalue weighted by atomic mass is 10.2. The second kappa shape index (κ2) is 7.12. The SMILES string of the molecule is CC(=O)CCCCOCc1c(F)cccc1F. The van der Waals surface area contributed by atoms with Gasteiger partial charge in [-0.1, -0.05) is 6.07 Å². The molecule has 17 heavy (non-hydrogen) atoms. The third kappa shape index (κ3) is 5.04. The van der Waals surface area contributed by atoms with Gasteiger partial charge in [0.2, 0.25) is 0 Å². The maximum atomic E-state index is 13.2. The van der Waals surface area contributed by atoms with Gasteiger partial charge in [0.1, 0.15) is 17.4 Å². The number of unbranched alkanes of at least 4 members (excludes halogenated alkanes) is 1. The van der Waals surface area contributed by atoms with Crippen molar-refractivity contribution in [3.05, 3.63) is 35.4 Å². The Kier molecular flexibility index (Phi) is 5.77. The Morgan fingerprint density at radius 3 is 2.47 bits per heavy atom. The Morgan fingerprint density at radius 2 is 1.88 bits per heavy atom. The van der Waals surface area contributed by atoms with Crippen LogP contribution in [0.3, 0.4) is 0 Å². The van der Waals surface area contributed by atoms with Crippen LogP contribution in [0.15, 0.2) is 18.2 Å². The molecular weight excluding hydrogens is 226 g/mol. The summed E-state index contributed by atoms with van der Waals surface area (Å²) in [6.07, 6.45) is 1.99. The molecule has 0 amide bonds. The van der Waals surface area contributed by atoms with Gasteiger partial charge in [-0.25, -0.2) is 8.78 Å². The Morgan fingerprint density at radius 1 is 1.24 bits per heavy atom. The van der Waals surface area contributed by atoms with Crippen LogP contribution >= 0.6 is 0 Å². The topological polar surface area (TPSA) is 26.3 Å². The minimum absolute atomic E-state index is 0.0425. The number of ketones is 1. The number of carbonyl (C=O) groups is 1. The van der Waals surface area contributed by atoms with Crippen molar-refractivity contribution in [1.29, 1.82) is 0 Å². The maximum Gasteiger partial charge on any atom is 0.131 e. The highest BCUT2D eigenvalue weighted by Crippen LogP contribution is 2.13. The highest BCUT2D eigenvalue weighted by molar-refractivity contribution is 5.75. The summed E-state index contributed by atoms with van der Waals surface area (Å²) in [6, 6.07) is 3.73. The average Bonchev–Trinajstić information content (AvgIpc) is 2.26. The number of ether oxygens (including phenoxy) is 1. The summed E-state index contributed by atoms with van der Waals surface area (Å²) in [5.74, 6) is -1.03. The van der Waals surface area contributed by atoms with Crippen molar-refractivity contribution in [2.24, 2.45) is 0 Å². The van der Waals surface area contributed by atoms with Crippen LogP contribution < -0.4 is 0 Å². The third-order valence-corrected chi connectivity index (χ3v) is 2.38. The van der Waals surface area contributed by atoms with Crippen LogP contribution in [0.5, 0.6) is 0 Å². The highest BCUT2D eigenvalue weighted by Gasteiger charge is 2.07. The number of hydrogen-bond donors (Lipinski definition) is 0. The van der Waals surface area contributed by atoms with E-state index in [0.29, 0.717) is 13.0 Å². The molecule has 0 bridgehead atoms. The molecule has 0 aliphatic rings. The van der Waals surface area contributed by atoms with E-state index in [1.165, 1.54) is 25.1 Å². The standard InChI is InChI=1S/C13H16F2O2/c1-10(16)5-2-3-8-17-9-11-12(14)6-4-7-13(11)15/h4,6-7H,2-3,5,8-9H2,1H3. The fourth-order valence-electron chi connectivity index (χ4n) is 1.42. The largest absolute Gasteiger partial charge is 0.377 e. The molecule has 4 heteroatoms. The first kappa shape index (κ1) is 13.8. The lowest BCUT2D eigenvalue weighted by molar-refractivity contribution is -0.117. The van der Waals surface area contributed by atoms with Crippen molar-refractivity contribution in [2.45, 2.75) is 32.8 Å². The smallest absolute Gasteiger partial charge is 0.131 e. The lowest BCUT2D eigenvalue weighted by Gasteiger charge is -2.06. The quantitative estimate of drug-likeness (QED) is 0.686. The molecule has 2 nitrogen and oxygen atoms in total. The van der Waals surface area contributed by atoms with Gasteiger partial charge in [-0.15, -0.1) is 0 Å². The highest BCUT2D eigenvalue weighted by atomic mass is 19.1. The van der Waals surface area contributed by atoms with E-state index < -0.39 is 11.6 Å². The second-order valence-corrected chi connectivity index (χ2v) is 3.91. The number of halogens is 2. The van der Waals surface area contributed by atoms with E-state index >= 15 is 0 Å². The van der Waals surface area contributed by atoms with Gasteiger partial charge in [0.05, 0.1) is 6.61 Å². The predicted molar refractivity (Wildman–Crippen MR) is 60.5 cm³/mol. The lowest BCUT2D eigenvalue weighted by Crippen LogP contribution is -2.01. The summed E-state index contributed by atoms with van der Waals surface area (Å²) in [5, 5.41) is 0. The molecule has 0 saturated heterocycles. The summed E-state index contributed by atoms with van der Waals surface area (Å²) in [5.41, 5.74) is -0.0425. The monoisotopic (exact) mass is 242 g/mol. The van der Waals surface area contributed by atoms with E-state index in [1.54, 1.807) is 0 Å². The molecule has 1 aromatic carbocycles. The van der Waals surface area contributed by atoms with Gasteiger partial charge in [-0.3, -0.25) is 0 Å². The van der Waals surface area contributed by atoms with Gasteiger partial charge in [0.25, 0.3) is 0 Å². The molecule has 0 atom stereocenters. The molecule has 94 valence electrons. The summed E-state index contributed by atoms with van der Waals surface area (Å²) in [7, 11) is 0. The minimum atomic E-state index is -0.589. The Balaban J connectivity index is 2.24. The zero-order valence-electron chi connectivity index (χ0n) is 9.84.